The Balaban J connectivity index is 1.84. The number of hydrogen-bond donors (Lipinski definition) is 0. The van der Waals surface area contributed by atoms with Crippen LogP contribution in [0.4, 0.5) is 0 Å². The maximum atomic E-state index is 12.4. The number of thioether (sulfide) groups is 1. The second-order valence-electron chi connectivity index (χ2n) is 5.00. The van der Waals surface area contributed by atoms with E-state index in [1.807, 2.05) is 48.5 Å². The van der Waals surface area contributed by atoms with E-state index in [-0.39, 0.29) is 5.78 Å². The molecule has 0 saturated carbocycles. The number of benzene rings is 3. The predicted molar refractivity (Wildman–Crippen MR) is 88.6 cm³/mol. The second kappa shape index (κ2) is 4.90. The van der Waals surface area contributed by atoms with E-state index < -0.39 is 0 Å². The summed E-state index contributed by atoms with van der Waals surface area (Å²) in [6, 6.07) is 22.2. The molecule has 1 heterocycles. The van der Waals surface area contributed by atoms with Crippen molar-refractivity contribution < 1.29 is 4.79 Å². The first-order valence-electron chi connectivity index (χ1n) is 6.84. The predicted octanol–water partition coefficient (Wildman–Crippen LogP) is 5.17. The summed E-state index contributed by atoms with van der Waals surface area (Å²) in [4.78, 5) is 14.3. The van der Waals surface area contributed by atoms with Gasteiger partial charge in [-0.2, -0.15) is 0 Å². The third-order valence-corrected chi connectivity index (χ3v) is 4.78. The van der Waals surface area contributed by atoms with Gasteiger partial charge in [0.1, 0.15) is 0 Å². The van der Waals surface area contributed by atoms with Crippen molar-refractivity contribution in [2.24, 2.45) is 0 Å². The molecule has 21 heavy (non-hydrogen) atoms. The summed E-state index contributed by atoms with van der Waals surface area (Å²) < 4.78 is 0. The van der Waals surface area contributed by atoms with E-state index >= 15 is 0 Å². The highest BCUT2D eigenvalue weighted by Gasteiger charge is 2.25. The van der Waals surface area contributed by atoms with E-state index in [9.17, 15) is 4.79 Å². The topological polar surface area (TPSA) is 17.1 Å². The number of rotatable bonds is 1. The van der Waals surface area contributed by atoms with Gasteiger partial charge in [0.25, 0.3) is 0 Å². The van der Waals surface area contributed by atoms with Crippen LogP contribution in [0, 0.1) is 0 Å². The van der Waals surface area contributed by atoms with Crippen LogP contribution in [0.3, 0.4) is 0 Å². The molecular weight excluding hydrogens is 276 g/mol. The quantitative estimate of drug-likeness (QED) is 0.575. The van der Waals surface area contributed by atoms with Crippen molar-refractivity contribution in [3.05, 3.63) is 82.8 Å². The minimum Gasteiger partial charge on any atom is -0.288 e. The summed E-state index contributed by atoms with van der Waals surface area (Å²) >= 11 is 1.56. The second-order valence-corrected chi connectivity index (χ2v) is 6.09. The largest absolute Gasteiger partial charge is 0.288 e. The Hall–Kier alpha value is -2.32. The molecule has 0 aliphatic carbocycles. The van der Waals surface area contributed by atoms with Crippen LogP contribution >= 0.6 is 11.8 Å². The molecular formula is C19H12OS. The molecule has 0 unspecified atom stereocenters. The molecule has 0 radical (unpaired) electrons. The number of hydrogen-bond acceptors (Lipinski definition) is 2. The maximum Gasteiger partial charge on any atom is 0.200 e. The van der Waals surface area contributed by atoms with E-state index in [0.29, 0.717) is 0 Å². The minimum absolute atomic E-state index is 0.128. The van der Waals surface area contributed by atoms with Gasteiger partial charge in [-0.25, -0.2) is 0 Å². The highest BCUT2D eigenvalue weighted by molar-refractivity contribution is 8.04. The van der Waals surface area contributed by atoms with Gasteiger partial charge in [0.2, 0.25) is 5.78 Å². The Morgan fingerprint density at radius 2 is 1.57 bits per heavy atom. The van der Waals surface area contributed by atoms with Crippen molar-refractivity contribution in [2.45, 2.75) is 4.90 Å². The molecule has 3 aromatic rings. The first kappa shape index (κ1) is 12.4. The van der Waals surface area contributed by atoms with Crippen LogP contribution in [-0.2, 0) is 0 Å². The Labute approximate surface area is 127 Å². The van der Waals surface area contributed by atoms with Gasteiger partial charge in [0.15, 0.2) is 0 Å². The molecule has 1 nitrogen and oxygen atoms in total. The van der Waals surface area contributed by atoms with Crippen LogP contribution in [0.15, 0.2) is 76.5 Å². The molecule has 3 aromatic carbocycles. The molecule has 0 fully saturated rings. The molecule has 2 heteroatoms. The number of fused-ring (bicyclic) bond motifs is 2. The van der Waals surface area contributed by atoms with Crippen molar-refractivity contribution in [3.8, 4) is 0 Å². The fraction of sp³-hybridized carbons (Fsp3) is 0. The number of carbonyl (C=O) groups excluding carboxylic acids is 1. The van der Waals surface area contributed by atoms with Gasteiger partial charge in [-0.05, 0) is 34.5 Å². The third-order valence-electron chi connectivity index (χ3n) is 3.69. The summed E-state index contributed by atoms with van der Waals surface area (Å²) in [5.41, 5.74) is 1.91. The Bertz CT molecular complexity index is 887. The van der Waals surface area contributed by atoms with E-state index in [1.54, 1.807) is 11.8 Å². The SMILES string of the molecule is O=C1C(=Cc2cccc3ccccc23)Sc2ccccc21. The highest BCUT2D eigenvalue weighted by atomic mass is 32.2. The summed E-state index contributed by atoms with van der Waals surface area (Å²) in [7, 11) is 0. The molecule has 0 bridgehead atoms. The van der Waals surface area contributed by atoms with E-state index in [0.717, 1.165) is 20.9 Å². The van der Waals surface area contributed by atoms with Crippen LogP contribution in [0.5, 0.6) is 0 Å². The van der Waals surface area contributed by atoms with Crippen molar-refractivity contribution in [1.29, 1.82) is 0 Å². The number of carbonyl (C=O) groups is 1. The minimum atomic E-state index is 0.128. The zero-order valence-corrected chi connectivity index (χ0v) is 12.1. The van der Waals surface area contributed by atoms with Gasteiger partial charge >= 0.3 is 0 Å². The highest BCUT2D eigenvalue weighted by Crippen LogP contribution is 2.41. The van der Waals surface area contributed by atoms with Crippen molar-refractivity contribution in [1.82, 2.24) is 0 Å². The fourth-order valence-corrected chi connectivity index (χ4v) is 3.70. The van der Waals surface area contributed by atoms with Crippen molar-refractivity contribution in [3.63, 3.8) is 0 Å². The van der Waals surface area contributed by atoms with Crippen LogP contribution in [0.2, 0.25) is 0 Å². The molecule has 100 valence electrons. The van der Waals surface area contributed by atoms with Crippen LogP contribution in [0.1, 0.15) is 15.9 Å². The third kappa shape index (κ3) is 2.08. The van der Waals surface area contributed by atoms with Gasteiger partial charge in [-0.15, -0.1) is 0 Å². The standard InChI is InChI=1S/C19H12OS/c20-19-16-10-3-4-11-17(16)21-18(19)12-14-8-5-7-13-6-1-2-9-15(13)14/h1-12H. The number of ketones is 1. The zero-order valence-electron chi connectivity index (χ0n) is 11.2. The number of Topliss-reactive ketones (excluding diaryl/α,β-unsaturated/α-hetero) is 1. The summed E-state index contributed by atoms with van der Waals surface area (Å²) in [6.07, 6.45) is 2.01. The lowest BCUT2D eigenvalue weighted by atomic mass is 10.0. The van der Waals surface area contributed by atoms with Crippen molar-refractivity contribution in [2.75, 3.05) is 0 Å². The number of allylic oxidation sites excluding steroid dienone is 1. The molecule has 0 N–H and O–H groups in total. The Kier molecular flexibility index (Phi) is 2.90. The molecule has 0 amide bonds. The first-order chi connectivity index (χ1) is 10.3. The van der Waals surface area contributed by atoms with Crippen LogP contribution in [-0.4, -0.2) is 5.78 Å². The summed E-state index contributed by atoms with van der Waals surface area (Å²) in [5.74, 6) is 0.128. The zero-order chi connectivity index (χ0) is 14.2. The van der Waals surface area contributed by atoms with E-state index in [2.05, 4.69) is 24.3 Å². The van der Waals surface area contributed by atoms with Gasteiger partial charge < -0.3 is 0 Å². The Morgan fingerprint density at radius 3 is 2.48 bits per heavy atom. The lowest BCUT2D eigenvalue weighted by molar-refractivity contribution is 0.104. The fourth-order valence-electron chi connectivity index (χ4n) is 2.65. The molecule has 0 saturated heterocycles. The van der Waals surface area contributed by atoms with Crippen LogP contribution in [0.25, 0.3) is 16.8 Å². The van der Waals surface area contributed by atoms with Gasteiger partial charge in [0, 0.05) is 10.5 Å². The normalized spacial score (nSPS) is 15.6. The van der Waals surface area contributed by atoms with Gasteiger partial charge in [-0.1, -0.05) is 66.4 Å². The molecule has 1 aliphatic rings. The summed E-state index contributed by atoms with van der Waals surface area (Å²) in [6.45, 7) is 0. The molecule has 0 spiro atoms. The van der Waals surface area contributed by atoms with E-state index in [4.69, 9.17) is 0 Å². The maximum absolute atomic E-state index is 12.4. The van der Waals surface area contributed by atoms with Crippen molar-refractivity contribution >= 4 is 34.4 Å². The lowest BCUT2D eigenvalue weighted by Crippen LogP contribution is -1.93. The first-order valence-corrected chi connectivity index (χ1v) is 7.65. The monoisotopic (exact) mass is 288 g/mol. The lowest BCUT2D eigenvalue weighted by Gasteiger charge is -2.02. The van der Waals surface area contributed by atoms with Gasteiger partial charge in [0.05, 0.1) is 4.91 Å². The molecule has 0 atom stereocenters. The summed E-state index contributed by atoms with van der Waals surface area (Å²) in [5, 5.41) is 2.37. The molecule has 1 aliphatic heterocycles. The van der Waals surface area contributed by atoms with Crippen LogP contribution < -0.4 is 0 Å². The van der Waals surface area contributed by atoms with Gasteiger partial charge in [-0.3, -0.25) is 4.79 Å². The average molecular weight is 288 g/mol. The Morgan fingerprint density at radius 1 is 0.810 bits per heavy atom. The average Bonchev–Trinajstić information content (AvgIpc) is 2.85. The smallest absolute Gasteiger partial charge is 0.200 e. The molecule has 4 rings (SSSR count). The van der Waals surface area contributed by atoms with E-state index in [1.165, 1.54) is 10.8 Å². The molecule has 0 aromatic heterocycles.